The van der Waals surface area contributed by atoms with E-state index in [2.05, 4.69) is 10.3 Å². The minimum Gasteiger partial charge on any atom is -0.488 e. The number of hydrogen-bond acceptors (Lipinski definition) is 4. The summed E-state index contributed by atoms with van der Waals surface area (Å²) in [4.78, 5) is 17.9. The van der Waals surface area contributed by atoms with Crippen molar-refractivity contribution in [3.63, 3.8) is 0 Å². The Kier molecular flexibility index (Phi) is 3.17. The Morgan fingerprint density at radius 3 is 2.76 bits per heavy atom. The third-order valence-corrected chi connectivity index (χ3v) is 2.60. The molecule has 1 N–H and O–H groups in total. The van der Waals surface area contributed by atoms with E-state index in [1.54, 1.807) is 19.3 Å². The average molecular weight is 235 g/mol. The van der Waals surface area contributed by atoms with Crippen molar-refractivity contribution < 1.29 is 9.53 Å². The maximum Gasteiger partial charge on any atom is 0.254 e. The Hall–Kier alpha value is -1.78. The van der Waals surface area contributed by atoms with Gasteiger partial charge in [0.1, 0.15) is 5.82 Å². The lowest BCUT2D eigenvalue weighted by atomic mass is 10.2. The van der Waals surface area contributed by atoms with Crippen molar-refractivity contribution in [2.45, 2.75) is 18.9 Å². The number of rotatable bonds is 4. The van der Waals surface area contributed by atoms with E-state index in [4.69, 9.17) is 4.74 Å². The highest BCUT2D eigenvalue weighted by Crippen LogP contribution is 2.30. The van der Waals surface area contributed by atoms with Crippen LogP contribution in [0.3, 0.4) is 0 Å². The third-order valence-electron chi connectivity index (χ3n) is 2.60. The summed E-state index contributed by atoms with van der Waals surface area (Å²) in [6, 6.07) is 1.75. The topological polar surface area (TPSA) is 54.5 Å². The van der Waals surface area contributed by atoms with Crippen LogP contribution in [-0.2, 0) is 0 Å². The number of amides is 1. The van der Waals surface area contributed by atoms with Gasteiger partial charge in [0.2, 0.25) is 0 Å². The molecule has 1 heterocycles. The predicted octanol–water partition coefficient (Wildman–Crippen LogP) is 1.05. The van der Waals surface area contributed by atoms with E-state index in [1.165, 1.54) is 0 Å². The fourth-order valence-electron chi connectivity index (χ4n) is 1.45. The third kappa shape index (κ3) is 2.67. The van der Waals surface area contributed by atoms with E-state index >= 15 is 0 Å². The quantitative estimate of drug-likeness (QED) is 0.847. The highest BCUT2D eigenvalue weighted by molar-refractivity contribution is 5.97. The van der Waals surface area contributed by atoms with Crippen LogP contribution in [0.2, 0.25) is 0 Å². The van der Waals surface area contributed by atoms with Crippen molar-refractivity contribution >= 4 is 11.7 Å². The van der Waals surface area contributed by atoms with Gasteiger partial charge in [-0.3, -0.25) is 4.79 Å². The normalized spacial score (nSPS) is 14.3. The number of carbonyl (C=O) groups excluding carboxylic acids is 1. The van der Waals surface area contributed by atoms with Gasteiger partial charge in [0.25, 0.3) is 5.91 Å². The molecule has 1 aromatic heterocycles. The molecular weight excluding hydrogens is 218 g/mol. The van der Waals surface area contributed by atoms with Gasteiger partial charge in [-0.05, 0) is 18.9 Å². The van der Waals surface area contributed by atoms with E-state index in [-0.39, 0.29) is 12.0 Å². The average Bonchev–Trinajstić information content (AvgIpc) is 3.12. The first kappa shape index (κ1) is 11.7. The van der Waals surface area contributed by atoms with Crippen LogP contribution in [-0.4, -0.2) is 38.1 Å². The zero-order valence-electron chi connectivity index (χ0n) is 10.4. The number of pyridine rings is 1. The molecule has 1 aliphatic carbocycles. The summed E-state index contributed by atoms with van der Waals surface area (Å²) in [5.41, 5.74) is 0.540. The van der Waals surface area contributed by atoms with Crippen LogP contribution in [0.25, 0.3) is 0 Å². The Bertz CT molecular complexity index is 428. The molecular formula is C12H17N3O2. The summed E-state index contributed by atoms with van der Waals surface area (Å²) in [7, 11) is 5.38. The zero-order chi connectivity index (χ0) is 12.4. The Morgan fingerprint density at radius 1 is 1.53 bits per heavy atom. The second-order valence-corrected chi connectivity index (χ2v) is 4.33. The summed E-state index contributed by atoms with van der Waals surface area (Å²) in [6.07, 6.45) is 3.99. The number of ether oxygens (including phenoxy) is 1. The molecule has 0 unspecified atom stereocenters. The van der Waals surface area contributed by atoms with Crippen LogP contribution in [0.1, 0.15) is 23.2 Å². The number of nitrogens with zero attached hydrogens (tertiary/aromatic N) is 2. The molecule has 0 aromatic carbocycles. The van der Waals surface area contributed by atoms with Crippen molar-refractivity contribution in [2.75, 3.05) is 26.0 Å². The van der Waals surface area contributed by atoms with Crippen molar-refractivity contribution in [2.24, 2.45) is 0 Å². The Balaban J connectivity index is 2.32. The van der Waals surface area contributed by atoms with Crippen LogP contribution < -0.4 is 15.0 Å². The van der Waals surface area contributed by atoms with Crippen LogP contribution in [0.15, 0.2) is 12.3 Å². The fourth-order valence-corrected chi connectivity index (χ4v) is 1.45. The molecule has 0 saturated heterocycles. The lowest BCUT2D eigenvalue weighted by molar-refractivity contribution is 0.0958. The molecule has 1 fully saturated rings. The molecule has 0 aliphatic heterocycles. The number of hydrogen-bond donors (Lipinski definition) is 1. The minimum atomic E-state index is -0.147. The smallest absolute Gasteiger partial charge is 0.254 e. The Morgan fingerprint density at radius 2 is 2.24 bits per heavy atom. The van der Waals surface area contributed by atoms with E-state index in [1.807, 2.05) is 19.0 Å². The summed E-state index contributed by atoms with van der Waals surface area (Å²) in [5.74, 6) is 1.16. The predicted molar refractivity (Wildman–Crippen MR) is 65.6 cm³/mol. The van der Waals surface area contributed by atoms with Crippen LogP contribution in [0.4, 0.5) is 5.82 Å². The lowest BCUT2D eigenvalue weighted by Crippen LogP contribution is -2.21. The molecule has 17 heavy (non-hydrogen) atoms. The number of carbonyl (C=O) groups is 1. The highest BCUT2D eigenvalue weighted by Gasteiger charge is 2.26. The maximum absolute atomic E-state index is 11.8. The number of anilines is 1. The second kappa shape index (κ2) is 4.61. The fraction of sp³-hybridized carbons (Fsp3) is 0.500. The molecule has 0 bridgehead atoms. The van der Waals surface area contributed by atoms with Gasteiger partial charge in [-0.15, -0.1) is 0 Å². The number of nitrogens with one attached hydrogen (secondary N) is 1. The van der Waals surface area contributed by atoms with Crippen molar-refractivity contribution in [3.8, 4) is 5.75 Å². The molecule has 1 saturated carbocycles. The maximum atomic E-state index is 11.8. The van der Waals surface area contributed by atoms with E-state index in [0.717, 1.165) is 18.7 Å². The van der Waals surface area contributed by atoms with Gasteiger partial charge in [-0.2, -0.15) is 0 Å². The van der Waals surface area contributed by atoms with Crippen LogP contribution >= 0.6 is 0 Å². The summed E-state index contributed by atoms with van der Waals surface area (Å²) >= 11 is 0. The standard InChI is InChI=1S/C12H17N3O2/c1-13-12(16)9-6-11(15(2)3)14-7-10(9)17-8-4-5-8/h6-8H,4-5H2,1-3H3,(H,13,16). The van der Waals surface area contributed by atoms with Gasteiger partial charge in [-0.1, -0.05) is 0 Å². The van der Waals surface area contributed by atoms with Gasteiger partial charge in [-0.25, -0.2) is 4.98 Å². The molecule has 0 radical (unpaired) electrons. The van der Waals surface area contributed by atoms with E-state index in [9.17, 15) is 4.79 Å². The van der Waals surface area contributed by atoms with Gasteiger partial charge < -0.3 is 15.0 Å². The zero-order valence-corrected chi connectivity index (χ0v) is 10.4. The first-order valence-corrected chi connectivity index (χ1v) is 5.68. The minimum absolute atomic E-state index is 0.147. The van der Waals surface area contributed by atoms with Gasteiger partial charge >= 0.3 is 0 Å². The first-order valence-electron chi connectivity index (χ1n) is 5.68. The largest absolute Gasteiger partial charge is 0.488 e. The van der Waals surface area contributed by atoms with Gasteiger partial charge in [0.05, 0.1) is 17.9 Å². The molecule has 92 valence electrons. The molecule has 5 nitrogen and oxygen atoms in total. The Labute approximate surface area is 101 Å². The monoisotopic (exact) mass is 235 g/mol. The molecule has 0 atom stereocenters. The van der Waals surface area contributed by atoms with E-state index < -0.39 is 0 Å². The summed E-state index contributed by atoms with van der Waals surface area (Å²) in [6.45, 7) is 0. The lowest BCUT2D eigenvalue weighted by Gasteiger charge is -2.15. The van der Waals surface area contributed by atoms with Gasteiger partial charge in [0, 0.05) is 21.1 Å². The molecule has 5 heteroatoms. The molecule has 0 spiro atoms. The first-order chi connectivity index (χ1) is 8.11. The van der Waals surface area contributed by atoms with Crippen molar-refractivity contribution in [3.05, 3.63) is 17.8 Å². The van der Waals surface area contributed by atoms with Gasteiger partial charge in [0.15, 0.2) is 5.75 Å². The summed E-state index contributed by atoms with van der Waals surface area (Å²) in [5, 5.41) is 2.62. The molecule has 1 aliphatic rings. The van der Waals surface area contributed by atoms with Crippen molar-refractivity contribution in [1.29, 1.82) is 0 Å². The second-order valence-electron chi connectivity index (χ2n) is 4.33. The molecule has 2 rings (SSSR count). The van der Waals surface area contributed by atoms with Crippen LogP contribution in [0, 0.1) is 0 Å². The SMILES string of the molecule is CNC(=O)c1cc(N(C)C)ncc1OC1CC1. The van der Waals surface area contributed by atoms with Crippen LogP contribution in [0.5, 0.6) is 5.75 Å². The molecule has 1 aromatic rings. The molecule has 1 amide bonds. The number of aromatic nitrogens is 1. The summed E-state index contributed by atoms with van der Waals surface area (Å²) < 4.78 is 5.67. The highest BCUT2D eigenvalue weighted by atomic mass is 16.5. The van der Waals surface area contributed by atoms with E-state index in [0.29, 0.717) is 11.3 Å². The van der Waals surface area contributed by atoms with Crippen molar-refractivity contribution in [1.82, 2.24) is 10.3 Å².